The maximum absolute atomic E-state index is 5.97. The summed E-state index contributed by atoms with van der Waals surface area (Å²) in [4.78, 5) is 0. The van der Waals surface area contributed by atoms with Crippen LogP contribution in [0.1, 0.15) is 37.2 Å². The van der Waals surface area contributed by atoms with Crippen molar-refractivity contribution in [1.82, 2.24) is 0 Å². The van der Waals surface area contributed by atoms with E-state index >= 15 is 0 Å². The first-order valence-electron chi connectivity index (χ1n) is 10.5. The topological polar surface area (TPSA) is 43.5 Å². The summed E-state index contributed by atoms with van der Waals surface area (Å²) in [5.74, 6) is 1.56. The van der Waals surface area contributed by atoms with Crippen LogP contribution in [-0.2, 0) is 14.2 Å². The molecular weight excluding hydrogens is 352 g/mol. The number of benzene rings is 2. The highest BCUT2D eigenvalue weighted by atomic mass is 16.6. The van der Waals surface area contributed by atoms with E-state index in [0.717, 1.165) is 38.4 Å². The van der Waals surface area contributed by atoms with Crippen molar-refractivity contribution in [2.45, 2.75) is 49.9 Å². The predicted molar refractivity (Wildman–Crippen MR) is 108 cm³/mol. The fourth-order valence-corrected chi connectivity index (χ4v) is 4.02. The molecule has 4 heteroatoms. The lowest BCUT2D eigenvalue weighted by molar-refractivity contribution is 0.0165. The van der Waals surface area contributed by atoms with Gasteiger partial charge in [0.1, 0.15) is 24.6 Å². The largest absolute Gasteiger partial charge is 0.491 e. The Labute approximate surface area is 166 Å². The molecule has 2 aromatic rings. The second kappa shape index (κ2) is 8.24. The van der Waals surface area contributed by atoms with Crippen LogP contribution in [-0.4, -0.2) is 44.7 Å². The molecule has 2 atom stereocenters. The van der Waals surface area contributed by atoms with Crippen LogP contribution in [0.3, 0.4) is 0 Å². The van der Waals surface area contributed by atoms with Gasteiger partial charge in [-0.2, -0.15) is 0 Å². The van der Waals surface area contributed by atoms with Gasteiger partial charge in [-0.1, -0.05) is 36.4 Å². The van der Waals surface area contributed by atoms with Gasteiger partial charge in [-0.15, -0.1) is 0 Å². The summed E-state index contributed by atoms with van der Waals surface area (Å²) in [6.07, 6.45) is 5.84. The average molecular weight is 380 g/mol. The van der Waals surface area contributed by atoms with Crippen molar-refractivity contribution in [1.29, 1.82) is 0 Å². The maximum atomic E-state index is 5.97. The number of ether oxygens (including phenoxy) is 4. The minimum atomic E-state index is 0.293. The fourth-order valence-electron chi connectivity index (χ4n) is 4.02. The Morgan fingerprint density at radius 1 is 0.714 bits per heavy atom. The van der Waals surface area contributed by atoms with Crippen LogP contribution >= 0.6 is 0 Å². The quantitative estimate of drug-likeness (QED) is 0.629. The second-order valence-corrected chi connectivity index (χ2v) is 8.18. The molecule has 5 rings (SSSR count). The Hall–Kier alpha value is -1.88. The Bertz CT molecular complexity index is 754. The Morgan fingerprint density at radius 2 is 1.29 bits per heavy atom. The lowest BCUT2D eigenvalue weighted by Gasteiger charge is -2.28. The first-order valence-corrected chi connectivity index (χ1v) is 10.5. The van der Waals surface area contributed by atoms with Crippen molar-refractivity contribution in [2.24, 2.45) is 0 Å². The van der Waals surface area contributed by atoms with E-state index in [2.05, 4.69) is 36.4 Å². The lowest BCUT2D eigenvalue weighted by atomic mass is 9.82. The smallest absolute Gasteiger partial charge is 0.119 e. The molecule has 2 aliphatic heterocycles. The molecule has 0 aromatic heterocycles. The van der Waals surface area contributed by atoms with E-state index in [1.165, 1.54) is 29.5 Å². The van der Waals surface area contributed by atoms with Crippen LogP contribution in [0.4, 0.5) is 0 Å². The van der Waals surface area contributed by atoms with Crippen molar-refractivity contribution in [3.05, 3.63) is 54.1 Å². The zero-order valence-corrected chi connectivity index (χ0v) is 16.2. The molecule has 0 bridgehead atoms. The molecule has 3 fully saturated rings. The summed E-state index contributed by atoms with van der Waals surface area (Å²) in [5, 5.41) is 0. The average Bonchev–Trinajstić information content (AvgIpc) is 3.67. The second-order valence-electron chi connectivity index (χ2n) is 8.18. The zero-order chi connectivity index (χ0) is 18.8. The van der Waals surface area contributed by atoms with Crippen LogP contribution < -0.4 is 4.74 Å². The molecule has 0 radical (unpaired) electrons. The van der Waals surface area contributed by atoms with Crippen molar-refractivity contribution >= 4 is 0 Å². The van der Waals surface area contributed by atoms with Crippen LogP contribution in [0.15, 0.2) is 48.5 Å². The molecular formula is C24H28O4. The van der Waals surface area contributed by atoms with Crippen molar-refractivity contribution in [3.63, 3.8) is 0 Å². The third-order valence-electron chi connectivity index (χ3n) is 6.00. The van der Waals surface area contributed by atoms with Gasteiger partial charge >= 0.3 is 0 Å². The Morgan fingerprint density at radius 3 is 1.89 bits per heavy atom. The Balaban J connectivity index is 1.14. The van der Waals surface area contributed by atoms with Gasteiger partial charge in [-0.3, -0.25) is 0 Å². The van der Waals surface area contributed by atoms with Crippen LogP contribution in [0.5, 0.6) is 5.75 Å². The van der Waals surface area contributed by atoms with Crippen molar-refractivity contribution < 1.29 is 18.9 Å². The van der Waals surface area contributed by atoms with Gasteiger partial charge in [-0.25, -0.2) is 0 Å². The molecule has 28 heavy (non-hydrogen) atoms. The lowest BCUT2D eigenvalue weighted by Crippen LogP contribution is -2.22. The third kappa shape index (κ3) is 4.75. The van der Waals surface area contributed by atoms with Gasteiger partial charge in [0.15, 0.2) is 0 Å². The molecule has 1 aliphatic carbocycles. The molecule has 1 saturated carbocycles. The van der Waals surface area contributed by atoms with Crippen LogP contribution in [0.2, 0.25) is 0 Å². The maximum Gasteiger partial charge on any atom is 0.119 e. The summed E-state index contributed by atoms with van der Waals surface area (Å²) in [5.41, 5.74) is 3.93. The summed E-state index contributed by atoms with van der Waals surface area (Å²) in [6, 6.07) is 17.4. The van der Waals surface area contributed by atoms with E-state index < -0.39 is 0 Å². The van der Waals surface area contributed by atoms with Crippen molar-refractivity contribution in [3.8, 4) is 16.9 Å². The molecule has 148 valence electrons. The van der Waals surface area contributed by atoms with Gasteiger partial charge < -0.3 is 18.9 Å². The molecule has 2 heterocycles. The molecule has 2 unspecified atom stereocenters. The van der Waals surface area contributed by atoms with E-state index in [9.17, 15) is 0 Å². The summed E-state index contributed by atoms with van der Waals surface area (Å²) < 4.78 is 22.1. The number of hydrogen-bond acceptors (Lipinski definition) is 4. The summed E-state index contributed by atoms with van der Waals surface area (Å²) in [7, 11) is 0. The predicted octanol–water partition coefficient (Wildman–Crippen LogP) is 4.57. The summed E-state index contributed by atoms with van der Waals surface area (Å²) >= 11 is 0. The highest BCUT2D eigenvalue weighted by Crippen LogP contribution is 2.35. The highest BCUT2D eigenvalue weighted by Gasteiger charge is 2.27. The standard InChI is InChI=1S/C24H28O4/c1-2-18(20-7-11-22(12-8-20)26-14-24-16-28-24)4-3-17(1)19-5-9-21(10-6-19)25-13-23-15-27-23/h1-6,9-10,20,22-24H,7-8,11-16H2. The van der Waals surface area contributed by atoms with E-state index in [-0.39, 0.29) is 0 Å². The number of hydrogen-bond donors (Lipinski definition) is 0. The molecule has 2 saturated heterocycles. The number of epoxide rings is 2. The van der Waals surface area contributed by atoms with Gasteiger partial charge in [0.2, 0.25) is 0 Å². The van der Waals surface area contributed by atoms with Gasteiger partial charge in [0, 0.05) is 0 Å². The number of rotatable bonds is 8. The monoisotopic (exact) mass is 380 g/mol. The normalized spacial score (nSPS) is 28.7. The molecule has 3 aliphatic rings. The van der Waals surface area contributed by atoms with Gasteiger partial charge in [0.25, 0.3) is 0 Å². The highest BCUT2D eigenvalue weighted by molar-refractivity contribution is 5.64. The van der Waals surface area contributed by atoms with E-state index in [1.54, 1.807) is 0 Å². The fraction of sp³-hybridized carbons (Fsp3) is 0.500. The van der Waals surface area contributed by atoms with Gasteiger partial charge in [-0.05, 0) is 60.4 Å². The van der Waals surface area contributed by atoms with E-state index in [1.807, 2.05) is 12.1 Å². The van der Waals surface area contributed by atoms with Crippen molar-refractivity contribution in [2.75, 3.05) is 26.4 Å². The zero-order valence-electron chi connectivity index (χ0n) is 16.2. The minimum Gasteiger partial charge on any atom is -0.491 e. The molecule has 0 N–H and O–H groups in total. The van der Waals surface area contributed by atoms with Crippen LogP contribution in [0, 0.1) is 0 Å². The molecule has 2 aromatic carbocycles. The van der Waals surface area contributed by atoms with E-state index in [4.69, 9.17) is 18.9 Å². The Kier molecular flexibility index (Phi) is 5.34. The molecule has 0 amide bonds. The van der Waals surface area contributed by atoms with Crippen LogP contribution in [0.25, 0.3) is 11.1 Å². The van der Waals surface area contributed by atoms with Gasteiger partial charge in [0.05, 0.1) is 25.9 Å². The first kappa shape index (κ1) is 18.2. The first-order chi connectivity index (χ1) is 13.8. The molecule has 0 spiro atoms. The van der Waals surface area contributed by atoms with E-state index in [0.29, 0.717) is 30.8 Å². The minimum absolute atomic E-state index is 0.293. The summed E-state index contributed by atoms with van der Waals surface area (Å²) in [6.45, 7) is 3.14. The third-order valence-corrected chi connectivity index (χ3v) is 6.00. The SMILES string of the molecule is c1cc(-c2ccc(C3CCC(OCC4CO4)CC3)cc2)ccc1OCC1CO1. The molecule has 4 nitrogen and oxygen atoms in total.